The van der Waals surface area contributed by atoms with Crippen molar-refractivity contribution in [1.82, 2.24) is 4.90 Å². The average molecular weight is 510 g/mol. The lowest BCUT2D eigenvalue weighted by atomic mass is 9.91. The molecule has 2 aromatic rings. The van der Waals surface area contributed by atoms with E-state index in [4.69, 9.17) is 23.7 Å². The smallest absolute Gasteiger partial charge is 0.411 e. The van der Waals surface area contributed by atoms with Crippen LogP contribution in [0.25, 0.3) is 6.08 Å². The van der Waals surface area contributed by atoms with E-state index in [1.54, 1.807) is 25.7 Å². The molecule has 2 aliphatic rings. The summed E-state index contributed by atoms with van der Waals surface area (Å²) in [5.41, 5.74) is 1.46. The summed E-state index contributed by atoms with van der Waals surface area (Å²) in [6.07, 6.45) is 4.08. The number of amides is 1. The highest BCUT2D eigenvalue weighted by atomic mass is 16.7. The fourth-order valence-corrected chi connectivity index (χ4v) is 4.10. The molecule has 0 aromatic heterocycles. The van der Waals surface area contributed by atoms with Gasteiger partial charge in [-0.1, -0.05) is 18.2 Å². The summed E-state index contributed by atoms with van der Waals surface area (Å²) in [6.45, 7) is 11.6. The molecular formula is C29H35NO7. The zero-order valence-electron chi connectivity index (χ0n) is 22.5. The van der Waals surface area contributed by atoms with Crippen LogP contribution in [0, 0.1) is 5.41 Å². The van der Waals surface area contributed by atoms with Crippen LogP contribution < -0.4 is 18.9 Å². The number of carbonyl (C=O) groups is 2. The maximum atomic E-state index is 13.2. The van der Waals surface area contributed by atoms with E-state index < -0.39 is 23.2 Å². The predicted molar refractivity (Wildman–Crippen MR) is 139 cm³/mol. The Morgan fingerprint density at radius 1 is 1.00 bits per heavy atom. The van der Waals surface area contributed by atoms with E-state index in [0.717, 1.165) is 16.7 Å². The van der Waals surface area contributed by atoms with Gasteiger partial charge in [0.05, 0.1) is 18.6 Å². The molecule has 8 nitrogen and oxygen atoms in total. The highest BCUT2D eigenvalue weighted by Crippen LogP contribution is 2.41. The maximum Gasteiger partial charge on any atom is 0.411 e. The summed E-state index contributed by atoms with van der Waals surface area (Å²) in [7, 11) is 1.53. The SMILES string of the molecule is COc1cc2c(cc1OC(=O)C(C)(C)C)CCN(C(=O)OC(C)(C)C)[C@H]2/C=C/c1ccc2c(c1)OCO2. The van der Waals surface area contributed by atoms with Crippen LogP contribution in [0.3, 0.4) is 0 Å². The van der Waals surface area contributed by atoms with Gasteiger partial charge in [-0.15, -0.1) is 0 Å². The highest BCUT2D eigenvalue weighted by molar-refractivity contribution is 5.79. The number of fused-ring (bicyclic) bond motifs is 2. The molecule has 198 valence electrons. The van der Waals surface area contributed by atoms with Crippen LogP contribution in [0.5, 0.6) is 23.0 Å². The lowest BCUT2D eigenvalue weighted by Gasteiger charge is -2.37. The van der Waals surface area contributed by atoms with E-state index in [2.05, 4.69) is 0 Å². The van der Waals surface area contributed by atoms with Crippen molar-refractivity contribution in [3.05, 3.63) is 53.1 Å². The summed E-state index contributed by atoms with van der Waals surface area (Å²) in [5.74, 6) is 1.82. The van der Waals surface area contributed by atoms with Gasteiger partial charge in [0.25, 0.3) is 0 Å². The monoisotopic (exact) mass is 509 g/mol. The standard InChI is InChI=1S/C29H35NO7/c1-28(2,3)26(31)36-25-15-19-12-13-30(27(32)37-29(4,5)6)21(20(19)16-23(25)33-7)10-8-18-9-11-22-24(14-18)35-17-34-22/h8-11,14-16,21H,12-13,17H2,1-7H3/b10-8+/t21-/m0/s1. The molecule has 4 rings (SSSR count). The van der Waals surface area contributed by atoms with Crippen molar-refractivity contribution in [3.63, 3.8) is 0 Å². The first-order valence-corrected chi connectivity index (χ1v) is 12.4. The molecule has 0 radical (unpaired) electrons. The van der Waals surface area contributed by atoms with Crippen LogP contribution in [0.4, 0.5) is 4.79 Å². The average Bonchev–Trinajstić information content (AvgIpc) is 3.28. The Morgan fingerprint density at radius 3 is 2.41 bits per heavy atom. The van der Waals surface area contributed by atoms with Gasteiger partial charge in [0.2, 0.25) is 6.79 Å². The van der Waals surface area contributed by atoms with Crippen LogP contribution in [0.1, 0.15) is 64.3 Å². The molecule has 0 unspecified atom stereocenters. The Bertz CT molecular complexity index is 1220. The third kappa shape index (κ3) is 6.01. The Hall–Kier alpha value is -3.68. The van der Waals surface area contributed by atoms with Gasteiger partial charge in [0.1, 0.15) is 5.60 Å². The molecule has 0 bridgehead atoms. The lowest BCUT2D eigenvalue weighted by Crippen LogP contribution is -2.42. The quantitative estimate of drug-likeness (QED) is 0.373. The molecule has 2 aromatic carbocycles. The minimum atomic E-state index is -0.662. The first-order chi connectivity index (χ1) is 17.4. The van der Waals surface area contributed by atoms with Crippen LogP contribution in [-0.2, 0) is 16.0 Å². The van der Waals surface area contributed by atoms with E-state index in [-0.39, 0.29) is 12.8 Å². The number of carbonyl (C=O) groups excluding carboxylic acids is 2. The third-order valence-corrected chi connectivity index (χ3v) is 6.01. The number of nitrogens with zero attached hydrogens (tertiary/aromatic N) is 1. The molecule has 1 atom stereocenters. The second-order valence-corrected chi connectivity index (χ2v) is 11.2. The fourth-order valence-electron chi connectivity index (χ4n) is 4.10. The molecular weight excluding hydrogens is 474 g/mol. The van der Waals surface area contributed by atoms with E-state index in [0.29, 0.717) is 36.0 Å². The molecule has 37 heavy (non-hydrogen) atoms. The molecule has 0 saturated carbocycles. The zero-order valence-corrected chi connectivity index (χ0v) is 22.5. The number of methoxy groups -OCH3 is 1. The number of hydrogen-bond donors (Lipinski definition) is 0. The molecule has 2 aliphatic heterocycles. The predicted octanol–water partition coefficient (Wildman–Crippen LogP) is 5.92. The summed E-state index contributed by atoms with van der Waals surface area (Å²) in [6, 6.07) is 8.95. The van der Waals surface area contributed by atoms with Crippen molar-refractivity contribution < 1.29 is 33.3 Å². The number of hydrogen-bond acceptors (Lipinski definition) is 7. The summed E-state index contributed by atoms with van der Waals surface area (Å²) >= 11 is 0. The van der Waals surface area contributed by atoms with Crippen molar-refractivity contribution in [2.75, 3.05) is 20.4 Å². The molecule has 1 amide bonds. The third-order valence-electron chi connectivity index (χ3n) is 6.01. The Morgan fingerprint density at radius 2 is 1.73 bits per heavy atom. The van der Waals surface area contributed by atoms with E-state index in [1.165, 1.54) is 7.11 Å². The first-order valence-electron chi connectivity index (χ1n) is 12.4. The van der Waals surface area contributed by atoms with Crippen molar-refractivity contribution in [3.8, 4) is 23.0 Å². The normalized spacial score (nSPS) is 16.9. The van der Waals surface area contributed by atoms with Gasteiger partial charge in [-0.05, 0) is 88.9 Å². The van der Waals surface area contributed by atoms with E-state index in [1.807, 2.05) is 63.3 Å². The molecule has 0 spiro atoms. The Labute approximate surface area is 218 Å². The van der Waals surface area contributed by atoms with Gasteiger partial charge in [0.15, 0.2) is 23.0 Å². The van der Waals surface area contributed by atoms with Gasteiger partial charge in [-0.25, -0.2) is 4.79 Å². The second-order valence-electron chi connectivity index (χ2n) is 11.2. The topological polar surface area (TPSA) is 83.5 Å². The molecule has 2 heterocycles. The van der Waals surface area contributed by atoms with Crippen LogP contribution in [-0.4, -0.2) is 43.0 Å². The number of esters is 1. The zero-order chi connectivity index (χ0) is 27.0. The van der Waals surface area contributed by atoms with Gasteiger partial charge in [-0.2, -0.15) is 0 Å². The van der Waals surface area contributed by atoms with Crippen molar-refractivity contribution in [2.45, 2.75) is 59.6 Å². The van der Waals surface area contributed by atoms with Gasteiger partial charge in [0, 0.05) is 6.54 Å². The van der Waals surface area contributed by atoms with Gasteiger partial charge in [-0.3, -0.25) is 9.69 Å². The Kier molecular flexibility index (Phi) is 7.13. The summed E-state index contributed by atoms with van der Waals surface area (Å²) in [4.78, 5) is 27.5. The molecule has 0 fully saturated rings. The largest absolute Gasteiger partial charge is 0.493 e. The fraction of sp³-hybridized carbons (Fsp3) is 0.448. The minimum absolute atomic E-state index is 0.201. The van der Waals surface area contributed by atoms with E-state index in [9.17, 15) is 9.59 Å². The van der Waals surface area contributed by atoms with Gasteiger partial charge >= 0.3 is 12.1 Å². The summed E-state index contributed by atoms with van der Waals surface area (Å²) < 4.78 is 27.9. The van der Waals surface area contributed by atoms with Gasteiger partial charge < -0.3 is 23.7 Å². The summed E-state index contributed by atoms with van der Waals surface area (Å²) in [5, 5.41) is 0. The number of benzene rings is 2. The lowest BCUT2D eigenvalue weighted by molar-refractivity contribution is -0.143. The molecule has 8 heteroatoms. The molecule has 0 N–H and O–H groups in total. The highest BCUT2D eigenvalue weighted by Gasteiger charge is 2.34. The van der Waals surface area contributed by atoms with Crippen LogP contribution in [0.2, 0.25) is 0 Å². The second kappa shape index (κ2) is 10.00. The molecule has 0 saturated heterocycles. The Balaban J connectivity index is 1.72. The maximum absolute atomic E-state index is 13.2. The molecule has 0 aliphatic carbocycles. The minimum Gasteiger partial charge on any atom is -0.493 e. The van der Waals surface area contributed by atoms with Crippen molar-refractivity contribution >= 4 is 18.1 Å². The van der Waals surface area contributed by atoms with Crippen LogP contribution >= 0.6 is 0 Å². The van der Waals surface area contributed by atoms with Crippen molar-refractivity contribution in [2.24, 2.45) is 5.41 Å². The van der Waals surface area contributed by atoms with Crippen LogP contribution in [0.15, 0.2) is 36.4 Å². The van der Waals surface area contributed by atoms with Crippen molar-refractivity contribution in [1.29, 1.82) is 0 Å². The van der Waals surface area contributed by atoms with E-state index >= 15 is 0 Å². The first kappa shape index (κ1) is 26.4. The number of ether oxygens (including phenoxy) is 5. The number of rotatable bonds is 4.